The molecule has 2 heterocycles. The summed E-state index contributed by atoms with van der Waals surface area (Å²) in [7, 11) is 0. The van der Waals surface area contributed by atoms with Gasteiger partial charge < -0.3 is 9.67 Å². The number of aliphatic hydroxyl groups excluding tert-OH is 1. The van der Waals surface area contributed by atoms with Crippen LogP contribution in [0.4, 0.5) is 0 Å². The van der Waals surface area contributed by atoms with Gasteiger partial charge in [0.2, 0.25) is 0 Å². The van der Waals surface area contributed by atoms with Crippen LogP contribution in [0.25, 0.3) is 11.0 Å². The van der Waals surface area contributed by atoms with Crippen molar-refractivity contribution in [2.24, 2.45) is 0 Å². The number of rotatable bonds is 4. The number of benzene rings is 1. The van der Waals surface area contributed by atoms with Crippen LogP contribution in [0.5, 0.6) is 0 Å². The SMILES string of the molecule is O[C@H]1CCCC[C@@H]1N1CCN(CCn2cnc3ccccc32)CC1. The van der Waals surface area contributed by atoms with Crippen molar-refractivity contribution in [2.75, 3.05) is 32.7 Å². The van der Waals surface area contributed by atoms with Gasteiger partial charge in [-0.3, -0.25) is 9.80 Å². The van der Waals surface area contributed by atoms with Crippen molar-refractivity contribution in [2.45, 2.75) is 44.4 Å². The number of fused-ring (bicyclic) bond motifs is 1. The van der Waals surface area contributed by atoms with Crippen LogP contribution >= 0.6 is 0 Å². The van der Waals surface area contributed by atoms with Gasteiger partial charge in [-0.2, -0.15) is 0 Å². The average molecular weight is 328 g/mol. The number of piperazine rings is 1. The third kappa shape index (κ3) is 3.34. The van der Waals surface area contributed by atoms with E-state index < -0.39 is 0 Å². The zero-order valence-corrected chi connectivity index (χ0v) is 14.3. The molecule has 1 N–H and O–H groups in total. The molecule has 2 aromatic rings. The number of hydrogen-bond donors (Lipinski definition) is 1. The molecule has 2 atom stereocenters. The molecule has 130 valence electrons. The summed E-state index contributed by atoms with van der Waals surface area (Å²) in [4.78, 5) is 9.54. The van der Waals surface area contributed by atoms with Crippen LogP contribution in [0.2, 0.25) is 0 Å². The molecule has 1 aliphatic carbocycles. The Hall–Kier alpha value is -1.43. The Labute approximate surface area is 143 Å². The fourth-order valence-electron chi connectivity index (χ4n) is 4.27. The highest BCUT2D eigenvalue weighted by Crippen LogP contribution is 2.24. The fourth-order valence-corrected chi connectivity index (χ4v) is 4.27. The van der Waals surface area contributed by atoms with E-state index in [1.807, 2.05) is 12.4 Å². The summed E-state index contributed by atoms with van der Waals surface area (Å²) in [6, 6.07) is 8.73. The molecule has 0 spiro atoms. The molecule has 24 heavy (non-hydrogen) atoms. The Morgan fingerprint density at radius 1 is 1.00 bits per heavy atom. The Bertz CT molecular complexity index is 662. The maximum Gasteiger partial charge on any atom is 0.0958 e. The van der Waals surface area contributed by atoms with E-state index in [1.165, 1.54) is 24.8 Å². The summed E-state index contributed by atoms with van der Waals surface area (Å²) in [5, 5.41) is 10.3. The van der Waals surface area contributed by atoms with Gasteiger partial charge in [0.15, 0.2) is 0 Å². The number of aliphatic hydroxyl groups is 1. The molecule has 5 nitrogen and oxygen atoms in total. The van der Waals surface area contributed by atoms with Crippen LogP contribution in [0, 0.1) is 0 Å². The van der Waals surface area contributed by atoms with Crippen molar-refractivity contribution in [3.63, 3.8) is 0 Å². The van der Waals surface area contributed by atoms with Crippen molar-refractivity contribution in [1.82, 2.24) is 19.4 Å². The standard InChI is InChI=1S/C19H28N4O/c24-19-8-4-3-7-18(19)22-12-9-21(10-13-22)11-14-23-15-20-16-5-1-2-6-17(16)23/h1-2,5-6,15,18-19,24H,3-4,7-14H2/t18-,19-/m0/s1. The highest BCUT2D eigenvalue weighted by atomic mass is 16.3. The summed E-state index contributed by atoms with van der Waals surface area (Å²) in [5.74, 6) is 0. The van der Waals surface area contributed by atoms with Gasteiger partial charge in [-0.1, -0.05) is 25.0 Å². The molecule has 2 fully saturated rings. The van der Waals surface area contributed by atoms with Crippen LogP contribution in [0.1, 0.15) is 25.7 Å². The molecule has 5 heteroatoms. The number of nitrogens with zero attached hydrogens (tertiary/aromatic N) is 4. The quantitative estimate of drug-likeness (QED) is 0.932. The predicted octanol–water partition coefficient (Wildman–Crippen LogP) is 1.96. The van der Waals surface area contributed by atoms with E-state index in [1.54, 1.807) is 0 Å². The normalized spacial score (nSPS) is 26.9. The molecule has 0 radical (unpaired) electrons. The number of imidazole rings is 1. The highest BCUT2D eigenvalue weighted by molar-refractivity contribution is 5.74. The first kappa shape index (κ1) is 16.1. The minimum Gasteiger partial charge on any atom is -0.391 e. The van der Waals surface area contributed by atoms with Gasteiger partial charge in [0.05, 0.1) is 23.5 Å². The first-order valence-corrected chi connectivity index (χ1v) is 9.35. The largest absolute Gasteiger partial charge is 0.391 e. The first-order chi connectivity index (χ1) is 11.8. The minimum absolute atomic E-state index is 0.109. The third-order valence-corrected chi connectivity index (χ3v) is 5.75. The van der Waals surface area contributed by atoms with Crippen LogP contribution in [-0.4, -0.2) is 69.3 Å². The second-order valence-electron chi connectivity index (χ2n) is 7.22. The van der Waals surface area contributed by atoms with Crippen molar-refractivity contribution in [3.05, 3.63) is 30.6 Å². The molecule has 2 aliphatic rings. The van der Waals surface area contributed by atoms with Crippen LogP contribution in [0.3, 0.4) is 0 Å². The molecule has 0 amide bonds. The maximum atomic E-state index is 10.3. The second-order valence-corrected chi connectivity index (χ2v) is 7.22. The number of para-hydroxylation sites is 2. The molecule has 0 bridgehead atoms. The molecule has 1 saturated carbocycles. The Balaban J connectivity index is 1.29. The Morgan fingerprint density at radius 3 is 2.62 bits per heavy atom. The van der Waals surface area contributed by atoms with Gasteiger partial charge >= 0.3 is 0 Å². The predicted molar refractivity (Wildman–Crippen MR) is 96.0 cm³/mol. The summed E-state index contributed by atoms with van der Waals surface area (Å²) < 4.78 is 2.26. The lowest BCUT2D eigenvalue weighted by Crippen LogP contribution is -2.54. The van der Waals surface area contributed by atoms with Crippen LogP contribution in [-0.2, 0) is 6.54 Å². The smallest absolute Gasteiger partial charge is 0.0958 e. The Morgan fingerprint density at radius 2 is 1.79 bits per heavy atom. The maximum absolute atomic E-state index is 10.3. The summed E-state index contributed by atoms with van der Waals surface area (Å²) in [5.41, 5.74) is 2.30. The lowest BCUT2D eigenvalue weighted by atomic mass is 9.91. The van der Waals surface area contributed by atoms with Crippen LogP contribution < -0.4 is 0 Å². The van der Waals surface area contributed by atoms with Crippen molar-refractivity contribution < 1.29 is 5.11 Å². The molecule has 1 aliphatic heterocycles. The zero-order valence-electron chi connectivity index (χ0n) is 14.3. The summed E-state index contributed by atoms with van der Waals surface area (Å²) >= 11 is 0. The monoisotopic (exact) mass is 328 g/mol. The fraction of sp³-hybridized carbons (Fsp3) is 0.632. The van der Waals surface area contributed by atoms with Crippen molar-refractivity contribution in [3.8, 4) is 0 Å². The van der Waals surface area contributed by atoms with E-state index in [0.717, 1.165) is 51.2 Å². The van der Waals surface area contributed by atoms with E-state index in [9.17, 15) is 5.11 Å². The van der Waals surface area contributed by atoms with Gasteiger partial charge in [0.1, 0.15) is 0 Å². The third-order valence-electron chi connectivity index (χ3n) is 5.75. The van der Waals surface area contributed by atoms with Crippen LogP contribution in [0.15, 0.2) is 30.6 Å². The minimum atomic E-state index is -0.109. The van der Waals surface area contributed by atoms with E-state index in [-0.39, 0.29) is 6.10 Å². The number of hydrogen-bond acceptors (Lipinski definition) is 4. The van der Waals surface area contributed by atoms with E-state index >= 15 is 0 Å². The van der Waals surface area contributed by atoms with E-state index in [0.29, 0.717) is 6.04 Å². The molecular weight excluding hydrogens is 300 g/mol. The van der Waals surface area contributed by atoms with Crippen molar-refractivity contribution in [1.29, 1.82) is 0 Å². The molecule has 1 aromatic carbocycles. The topological polar surface area (TPSA) is 44.5 Å². The number of aromatic nitrogens is 2. The molecule has 0 unspecified atom stereocenters. The van der Waals surface area contributed by atoms with E-state index in [4.69, 9.17) is 0 Å². The molecular formula is C19H28N4O. The lowest BCUT2D eigenvalue weighted by molar-refractivity contribution is -0.00385. The van der Waals surface area contributed by atoms with Gasteiger partial charge in [-0.25, -0.2) is 4.98 Å². The highest BCUT2D eigenvalue weighted by Gasteiger charge is 2.30. The van der Waals surface area contributed by atoms with Gasteiger partial charge in [0.25, 0.3) is 0 Å². The summed E-state index contributed by atoms with van der Waals surface area (Å²) in [6.07, 6.45) is 6.47. The van der Waals surface area contributed by atoms with E-state index in [2.05, 4.69) is 37.5 Å². The molecule has 1 saturated heterocycles. The molecule has 1 aromatic heterocycles. The molecule has 4 rings (SSSR count). The summed E-state index contributed by atoms with van der Waals surface area (Å²) in [6.45, 7) is 6.46. The second kappa shape index (κ2) is 7.21. The van der Waals surface area contributed by atoms with Gasteiger partial charge in [-0.15, -0.1) is 0 Å². The van der Waals surface area contributed by atoms with Crippen molar-refractivity contribution >= 4 is 11.0 Å². The lowest BCUT2D eigenvalue weighted by Gasteiger charge is -2.42. The zero-order chi connectivity index (χ0) is 16.4. The Kier molecular flexibility index (Phi) is 4.83. The first-order valence-electron chi connectivity index (χ1n) is 9.35. The average Bonchev–Trinajstić information content (AvgIpc) is 3.04. The van der Waals surface area contributed by atoms with Gasteiger partial charge in [-0.05, 0) is 25.0 Å². The van der Waals surface area contributed by atoms with Gasteiger partial charge in [0, 0.05) is 45.3 Å².